The summed E-state index contributed by atoms with van der Waals surface area (Å²) in [5, 5.41) is 10.7. The number of nitrogens with one attached hydrogen (secondary N) is 3. The molecule has 30 heavy (non-hydrogen) atoms. The SMILES string of the molecule is COC(=O)c1n[nH]c(C)c1NC(=O)Nc1c(F)cc(C#Cc2ccccc2)cc1F. The van der Waals surface area contributed by atoms with Gasteiger partial charge in [0.05, 0.1) is 18.5 Å². The van der Waals surface area contributed by atoms with Gasteiger partial charge in [0.1, 0.15) is 5.69 Å². The summed E-state index contributed by atoms with van der Waals surface area (Å²) in [4.78, 5) is 23.9. The summed E-state index contributed by atoms with van der Waals surface area (Å²) in [5.74, 6) is 2.68. The number of methoxy groups -OCH3 is 1. The van der Waals surface area contributed by atoms with Crippen LogP contribution in [0, 0.1) is 30.4 Å². The number of aromatic nitrogens is 2. The highest BCUT2D eigenvalue weighted by Crippen LogP contribution is 2.22. The summed E-state index contributed by atoms with van der Waals surface area (Å²) in [7, 11) is 1.16. The number of amides is 2. The van der Waals surface area contributed by atoms with Crippen molar-refractivity contribution in [3.8, 4) is 11.8 Å². The highest BCUT2D eigenvalue weighted by molar-refractivity contribution is 6.04. The molecule has 0 spiro atoms. The van der Waals surface area contributed by atoms with E-state index in [4.69, 9.17) is 0 Å². The minimum Gasteiger partial charge on any atom is -0.464 e. The van der Waals surface area contributed by atoms with Crippen LogP contribution < -0.4 is 10.6 Å². The minimum atomic E-state index is -1.00. The van der Waals surface area contributed by atoms with Crippen molar-refractivity contribution < 1.29 is 23.1 Å². The van der Waals surface area contributed by atoms with Gasteiger partial charge in [-0.2, -0.15) is 5.10 Å². The van der Waals surface area contributed by atoms with Crippen molar-refractivity contribution in [1.82, 2.24) is 10.2 Å². The Morgan fingerprint density at radius 2 is 1.60 bits per heavy atom. The van der Waals surface area contributed by atoms with Crippen LogP contribution in [0.15, 0.2) is 42.5 Å². The first kappa shape index (κ1) is 20.5. The fourth-order valence-corrected chi connectivity index (χ4v) is 2.52. The number of benzene rings is 2. The highest BCUT2D eigenvalue weighted by Gasteiger charge is 2.21. The molecule has 0 aliphatic carbocycles. The van der Waals surface area contributed by atoms with Gasteiger partial charge in [-0.15, -0.1) is 0 Å². The monoisotopic (exact) mass is 410 g/mol. The molecule has 2 amide bonds. The van der Waals surface area contributed by atoms with Gasteiger partial charge in [0, 0.05) is 11.1 Å². The van der Waals surface area contributed by atoms with Crippen molar-refractivity contribution in [3.05, 3.63) is 76.6 Å². The zero-order valence-corrected chi connectivity index (χ0v) is 16.0. The van der Waals surface area contributed by atoms with E-state index in [-0.39, 0.29) is 16.9 Å². The van der Waals surface area contributed by atoms with Crippen LogP contribution in [0.4, 0.5) is 25.0 Å². The molecule has 3 rings (SSSR count). The lowest BCUT2D eigenvalue weighted by atomic mass is 10.1. The molecule has 0 radical (unpaired) electrons. The molecule has 1 aromatic heterocycles. The molecule has 0 aliphatic heterocycles. The number of hydrogen-bond donors (Lipinski definition) is 3. The number of carbonyl (C=O) groups is 2. The van der Waals surface area contributed by atoms with Crippen LogP contribution in [0.1, 0.15) is 27.3 Å². The van der Waals surface area contributed by atoms with Crippen molar-refractivity contribution in [2.75, 3.05) is 17.7 Å². The fraction of sp³-hybridized carbons (Fsp3) is 0.0952. The number of aromatic amines is 1. The summed E-state index contributed by atoms with van der Waals surface area (Å²) in [6.45, 7) is 1.55. The molecule has 0 saturated carbocycles. The van der Waals surface area contributed by atoms with Crippen LogP contribution in [-0.2, 0) is 4.74 Å². The summed E-state index contributed by atoms with van der Waals surface area (Å²) in [5.41, 5.74) is 0.370. The van der Waals surface area contributed by atoms with Crippen LogP contribution >= 0.6 is 0 Å². The van der Waals surface area contributed by atoms with Crippen LogP contribution in [-0.4, -0.2) is 29.3 Å². The predicted molar refractivity (Wildman–Crippen MR) is 106 cm³/mol. The van der Waals surface area contributed by atoms with E-state index in [1.54, 1.807) is 31.2 Å². The molecule has 3 N–H and O–H groups in total. The normalized spacial score (nSPS) is 10.0. The summed E-state index contributed by atoms with van der Waals surface area (Å²) in [6, 6.07) is 10.0. The van der Waals surface area contributed by atoms with Gasteiger partial charge in [0.25, 0.3) is 0 Å². The largest absolute Gasteiger partial charge is 0.464 e. The van der Waals surface area contributed by atoms with Crippen LogP contribution in [0.5, 0.6) is 0 Å². The van der Waals surface area contributed by atoms with Gasteiger partial charge in [-0.3, -0.25) is 5.10 Å². The van der Waals surface area contributed by atoms with Crippen molar-refractivity contribution in [2.45, 2.75) is 6.92 Å². The lowest BCUT2D eigenvalue weighted by Gasteiger charge is -2.10. The lowest BCUT2D eigenvalue weighted by molar-refractivity contribution is 0.0595. The number of rotatable bonds is 3. The van der Waals surface area contributed by atoms with E-state index in [9.17, 15) is 18.4 Å². The second kappa shape index (κ2) is 8.87. The van der Waals surface area contributed by atoms with E-state index < -0.39 is 29.3 Å². The molecule has 0 aliphatic rings. The first-order chi connectivity index (χ1) is 14.4. The molecule has 0 atom stereocenters. The van der Waals surface area contributed by atoms with Crippen LogP contribution in [0.25, 0.3) is 0 Å². The van der Waals surface area contributed by atoms with Gasteiger partial charge in [-0.25, -0.2) is 18.4 Å². The molecule has 1 heterocycles. The molecule has 0 fully saturated rings. The summed E-state index contributed by atoms with van der Waals surface area (Å²) < 4.78 is 33.3. The van der Waals surface area contributed by atoms with E-state index in [1.165, 1.54) is 0 Å². The first-order valence-corrected chi connectivity index (χ1v) is 8.66. The number of anilines is 2. The number of esters is 1. The van der Waals surface area contributed by atoms with E-state index in [0.717, 1.165) is 19.2 Å². The molecule has 0 unspecified atom stereocenters. The molecular weight excluding hydrogens is 394 g/mol. The Labute approximate surface area is 170 Å². The topological polar surface area (TPSA) is 96.1 Å². The molecule has 3 aromatic rings. The molecule has 2 aromatic carbocycles. The van der Waals surface area contributed by atoms with Gasteiger partial charge in [-0.05, 0) is 31.2 Å². The quantitative estimate of drug-likeness (QED) is 0.452. The van der Waals surface area contributed by atoms with Crippen molar-refractivity contribution in [3.63, 3.8) is 0 Å². The van der Waals surface area contributed by atoms with E-state index >= 15 is 0 Å². The second-order valence-corrected chi connectivity index (χ2v) is 6.07. The maximum atomic E-state index is 14.4. The summed E-state index contributed by atoms with van der Waals surface area (Å²) >= 11 is 0. The van der Waals surface area contributed by atoms with Crippen LogP contribution in [0.3, 0.4) is 0 Å². The third-order valence-electron chi connectivity index (χ3n) is 3.97. The van der Waals surface area contributed by atoms with Gasteiger partial charge in [-0.1, -0.05) is 30.0 Å². The smallest absolute Gasteiger partial charge is 0.360 e. The first-order valence-electron chi connectivity index (χ1n) is 8.66. The Kier molecular flexibility index (Phi) is 6.08. The standard InChI is InChI=1S/C21H16F2N4O3/c1-12-17(19(27-26-12)20(28)30-2)24-21(29)25-18-15(22)10-14(11-16(18)23)9-8-13-6-4-3-5-7-13/h3-7,10-11H,1-2H3,(H,26,27)(H2,24,25,29). The molecule has 0 bridgehead atoms. The average Bonchev–Trinajstić information content (AvgIpc) is 3.09. The second-order valence-electron chi connectivity index (χ2n) is 6.07. The number of ether oxygens (including phenoxy) is 1. The molecule has 7 nitrogen and oxygen atoms in total. The van der Waals surface area contributed by atoms with E-state index in [1.807, 2.05) is 6.07 Å². The number of nitrogens with zero attached hydrogens (tertiary/aromatic N) is 1. The van der Waals surface area contributed by atoms with Gasteiger partial charge >= 0.3 is 12.0 Å². The Bertz CT molecular complexity index is 1140. The van der Waals surface area contributed by atoms with Gasteiger partial charge < -0.3 is 15.4 Å². The number of carbonyl (C=O) groups excluding carboxylic acids is 2. The zero-order chi connectivity index (χ0) is 21.7. The Morgan fingerprint density at radius 3 is 2.23 bits per heavy atom. The Morgan fingerprint density at radius 1 is 1.00 bits per heavy atom. The maximum absolute atomic E-state index is 14.4. The summed E-state index contributed by atoms with van der Waals surface area (Å²) in [6.07, 6.45) is 0. The predicted octanol–water partition coefficient (Wildman–Crippen LogP) is 3.83. The van der Waals surface area contributed by atoms with Crippen LogP contribution in [0.2, 0.25) is 0 Å². The molecule has 9 heteroatoms. The third kappa shape index (κ3) is 4.62. The fourth-order valence-electron chi connectivity index (χ4n) is 2.52. The minimum absolute atomic E-state index is 0.0329. The Balaban J connectivity index is 1.78. The average molecular weight is 410 g/mol. The van der Waals surface area contributed by atoms with Crippen molar-refractivity contribution in [2.24, 2.45) is 0 Å². The number of urea groups is 1. The number of halogens is 2. The third-order valence-corrected chi connectivity index (χ3v) is 3.97. The van der Waals surface area contributed by atoms with Crippen molar-refractivity contribution in [1.29, 1.82) is 0 Å². The van der Waals surface area contributed by atoms with Gasteiger partial charge in [0.2, 0.25) is 0 Å². The lowest BCUT2D eigenvalue weighted by Crippen LogP contribution is -2.22. The molecular formula is C21H16F2N4O3. The van der Waals surface area contributed by atoms with E-state index in [2.05, 4.69) is 37.4 Å². The Hall–Kier alpha value is -4.19. The highest BCUT2D eigenvalue weighted by atomic mass is 19.1. The molecule has 0 saturated heterocycles. The number of hydrogen-bond acceptors (Lipinski definition) is 4. The van der Waals surface area contributed by atoms with Gasteiger partial charge in [0.15, 0.2) is 17.3 Å². The number of H-pyrrole nitrogens is 1. The molecule has 152 valence electrons. The zero-order valence-electron chi connectivity index (χ0n) is 16.0. The number of aryl methyl sites for hydroxylation is 1. The van der Waals surface area contributed by atoms with Crippen molar-refractivity contribution >= 4 is 23.4 Å². The maximum Gasteiger partial charge on any atom is 0.360 e. The van der Waals surface area contributed by atoms with E-state index in [0.29, 0.717) is 11.3 Å².